The van der Waals surface area contributed by atoms with Crippen molar-refractivity contribution in [3.63, 3.8) is 0 Å². The Bertz CT molecular complexity index is 663. The second kappa shape index (κ2) is 8.08. The van der Waals surface area contributed by atoms with Gasteiger partial charge in [0.2, 0.25) is 0 Å². The van der Waals surface area contributed by atoms with Crippen LogP contribution in [0.25, 0.3) is 0 Å². The third kappa shape index (κ3) is 5.67. The summed E-state index contributed by atoms with van der Waals surface area (Å²) in [5, 5.41) is 2.58. The fraction of sp³-hybridized carbons (Fsp3) is 0.125. The van der Waals surface area contributed by atoms with Crippen molar-refractivity contribution in [2.45, 2.75) is 6.61 Å². The predicted molar refractivity (Wildman–Crippen MR) is 83.4 cm³/mol. The van der Waals surface area contributed by atoms with E-state index in [-0.39, 0.29) is 13.2 Å². The SMILES string of the molecule is O=C(NCC#Cc1ccnc(Br)c1)OCc1ccccc1. The summed E-state index contributed by atoms with van der Waals surface area (Å²) in [6.07, 6.45) is 1.18. The molecule has 1 N–H and O–H groups in total. The van der Waals surface area contributed by atoms with E-state index >= 15 is 0 Å². The van der Waals surface area contributed by atoms with Crippen LogP contribution in [0.1, 0.15) is 11.1 Å². The first-order chi connectivity index (χ1) is 10.2. The summed E-state index contributed by atoms with van der Waals surface area (Å²) in [4.78, 5) is 15.5. The molecule has 1 amide bonds. The molecule has 4 nitrogen and oxygen atoms in total. The van der Waals surface area contributed by atoms with Crippen molar-refractivity contribution in [3.8, 4) is 11.8 Å². The molecule has 5 heteroatoms. The third-order valence-electron chi connectivity index (χ3n) is 2.49. The van der Waals surface area contributed by atoms with Crippen LogP contribution in [-0.4, -0.2) is 17.6 Å². The molecule has 0 aliphatic rings. The highest BCUT2D eigenvalue weighted by Crippen LogP contribution is 2.06. The molecule has 2 rings (SSSR count). The van der Waals surface area contributed by atoms with Crippen LogP contribution >= 0.6 is 15.9 Å². The van der Waals surface area contributed by atoms with Gasteiger partial charge in [-0.3, -0.25) is 0 Å². The highest BCUT2D eigenvalue weighted by Gasteiger charge is 2.00. The molecule has 1 heterocycles. The quantitative estimate of drug-likeness (QED) is 0.687. The summed E-state index contributed by atoms with van der Waals surface area (Å²) >= 11 is 3.27. The minimum Gasteiger partial charge on any atom is -0.445 e. The van der Waals surface area contributed by atoms with Crippen LogP contribution in [0.3, 0.4) is 0 Å². The van der Waals surface area contributed by atoms with Crippen LogP contribution in [0.5, 0.6) is 0 Å². The first kappa shape index (κ1) is 15.1. The van der Waals surface area contributed by atoms with Gasteiger partial charge in [-0.25, -0.2) is 9.78 Å². The molecule has 0 unspecified atom stereocenters. The van der Waals surface area contributed by atoms with Crippen molar-refractivity contribution in [3.05, 3.63) is 64.4 Å². The topological polar surface area (TPSA) is 51.2 Å². The highest BCUT2D eigenvalue weighted by molar-refractivity contribution is 9.10. The summed E-state index contributed by atoms with van der Waals surface area (Å²) in [5.41, 5.74) is 1.77. The van der Waals surface area contributed by atoms with E-state index < -0.39 is 6.09 Å². The van der Waals surface area contributed by atoms with Crippen molar-refractivity contribution < 1.29 is 9.53 Å². The number of carbonyl (C=O) groups excluding carboxylic acids is 1. The Kier molecular flexibility index (Phi) is 5.80. The normalized spacial score (nSPS) is 9.38. The second-order valence-corrected chi connectivity index (χ2v) is 4.90. The number of carbonyl (C=O) groups is 1. The number of ether oxygens (including phenoxy) is 1. The summed E-state index contributed by atoms with van der Waals surface area (Å²) in [5.74, 6) is 5.77. The van der Waals surface area contributed by atoms with E-state index in [0.29, 0.717) is 0 Å². The van der Waals surface area contributed by atoms with Crippen molar-refractivity contribution >= 4 is 22.0 Å². The molecule has 0 bridgehead atoms. The molecule has 2 aromatic rings. The molecule has 0 radical (unpaired) electrons. The van der Waals surface area contributed by atoms with E-state index in [2.05, 4.69) is 38.1 Å². The van der Waals surface area contributed by atoms with Crippen molar-refractivity contribution in [1.82, 2.24) is 10.3 Å². The monoisotopic (exact) mass is 344 g/mol. The molecule has 0 aliphatic heterocycles. The van der Waals surface area contributed by atoms with Crippen LogP contribution in [0.4, 0.5) is 4.79 Å². The molecule has 0 fully saturated rings. The molecular weight excluding hydrogens is 332 g/mol. The average Bonchev–Trinajstić information content (AvgIpc) is 2.51. The maximum atomic E-state index is 11.5. The third-order valence-corrected chi connectivity index (χ3v) is 2.93. The fourth-order valence-electron chi connectivity index (χ4n) is 1.52. The average molecular weight is 345 g/mol. The van der Waals surface area contributed by atoms with Crippen LogP contribution < -0.4 is 5.32 Å². The van der Waals surface area contributed by atoms with Gasteiger partial charge in [0.1, 0.15) is 11.2 Å². The van der Waals surface area contributed by atoms with Gasteiger partial charge < -0.3 is 10.1 Å². The molecule has 1 aromatic carbocycles. The Balaban J connectivity index is 1.72. The Labute approximate surface area is 131 Å². The predicted octanol–water partition coefficient (Wildman–Crippen LogP) is 3.12. The van der Waals surface area contributed by atoms with E-state index in [4.69, 9.17) is 4.74 Å². The molecule has 21 heavy (non-hydrogen) atoms. The van der Waals surface area contributed by atoms with Crippen molar-refractivity contribution in [2.75, 3.05) is 6.54 Å². The smallest absolute Gasteiger partial charge is 0.408 e. The number of nitrogens with one attached hydrogen (secondary N) is 1. The van der Waals surface area contributed by atoms with Gasteiger partial charge in [-0.1, -0.05) is 42.2 Å². The Morgan fingerprint density at radius 3 is 2.86 bits per heavy atom. The lowest BCUT2D eigenvalue weighted by atomic mass is 10.2. The van der Waals surface area contributed by atoms with Gasteiger partial charge in [-0.15, -0.1) is 0 Å². The number of aromatic nitrogens is 1. The minimum atomic E-state index is -0.482. The van der Waals surface area contributed by atoms with Crippen LogP contribution in [0, 0.1) is 11.8 Å². The number of alkyl carbamates (subject to hydrolysis) is 1. The molecule has 0 spiro atoms. The zero-order valence-electron chi connectivity index (χ0n) is 11.2. The first-order valence-electron chi connectivity index (χ1n) is 6.29. The Morgan fingerprint density at radius 2 is 2.10 bits per heavy atom. The molecule has 0 atom stereocenters. The Morgan fingerprint density at radius 1 is 1.29 bits per heavy atom. The summed E-state index contributed by atoms with van der Waals surface area (Å²) in [6, 6.07) is 13.1. The fourth-order valence-corrected chi connectivity index (χ4v) is 1.88. The number of pyridine rings is 1. The van der Waals surface area contributed by atoms with Crippen LogP contribution in [0.2, 0.25) is 0 Å². The van der Waals surface area contributed by atoms with Crippen molar-refractivity contribution in [2.24, 2.45) is 0 Å². The maximum Gasteiger partial charge on any atom is 0.408 e. The zero-order chi connectivity index (χ0) is 14.9. The Hall–Kier alpha value is -2.32. The van der Waals surface area contributed by atoms with Gasteiger partial charge in [-0.2, -0.15) is 0 Å². The van der Waals surface area contributed by atoms with E-state index in [1.165, 1.54) is 0 Å². The highest BCUT2D eigenvalue weighted by atomic mass is 79.9. The van der Waals surface area contributed by atoms with Crippen LogP contribution in [0.15, 0.2) is 53.3 Å². The summed E-state index contributed by atoms with van der Waals surface area (Å²) < 4.78 is 5.79. The van der Waals surface area contributed by atoms with E-state index in [0.717, 1.165) is 15.7 Å². The largest absolute Gasteiger partial charge is 0.445 e. The number of hydrogen-bond acceptors (Lipinski definition) is 3. The number of benzene rings is 1. The van der Waals surface area contributed by atoms with E-state index in [1.807, 2.05) is 30.3 Å². The maximum absolute atomic E-state index is 11.5. The van der Waals surface area contributed by atoms with Crippen LogP contribution in [-0.2, 0) is 11.3 Å². The van der Waals surface area contributed by atoms with Gasteiger partial charge in [0.05, 0.1) is 6.54 Å². The lowest BCUT2D eigenvalue weighted by molar-refractivity contribution is 0.141. The summed E-state index contributed by atoms with van der Waals surface area (Å²) in [7, 11) is 0. The number of rotatable bonds is 3. The number of nitrogens with zero attached hydrogens (tertiary/aromatic N) is 1. The van der Waals surface area contributed by atoms with Gasteiger partial charge in [0.25, 0.3) is 0 Å². The zero-order valence-corrected chi connectivity index (χ0v) is 12.8. The number of amides is 1. The van der Waals surface area contributed by atoms with Crippen molar-refractivity contribution in [1.29, 1.82) is 0 Å². The number of hydrogen-bond donors (Lipinski definition) is 1. The molecule has 0 aliphatic carbocycles. The molecule has 0 saturated heterocycles. The number of halogens is 1. The lowest BCUT2D eigenvalue weighted by Gasteiger charge is -2.04. The standard InChI is InChI=1S/C16H13BrN2O2/c17-15-11-13(8-10-18-15)7-4-9-19-16(20)21-12-14-5-2-1-3-6-14/h1-3,5-6,8,10-11H,9,12H2,(H,19,20). The van der Waals surface area contributed by atoms with Gasteiger partial charge >= 0.3 is 6.09 Å². The second-order valence-electron chi connectivity index (χ2n) is 4.08. The van der Waals surface area contributed by atoms with Gasteiger partial charge in [0, 0.05) is 11.8 Å². The minimum absolute atomic E-state index is 0.230. The van der Waals surface area contributed by atoms with Gasteiger partial charge in [-0.05, 0) is 33.6 Å². The first-order valence-corrected chi connectivity index (χ1v) is 7.08. The molecule has 1 aromatic heterocycles. The molecule has 106 valence electrons. The van der Waals surface area contributed by atoms with E-state index in [9.17, 15) is 4.79 Å². The molecule has 0 saturated carbocycles. The van der Waals surface area contributed by atoms with Gasteiger partial charge in [0.15, 0.2) is 0 Å². The lowest BCUT2D eigenvalue weighted by Crippen LogP contribution is -2.24. The van der Waals surface area contributed by atoms with E-state index in [1.54, 1.807) is 18.3 Å². The molecular formula is C16H13BrN2O2. The summed E-state index contributed by atoms with van der Waals surface area (Å²) in [6.45, 7) is 0.477.